The van der Waals surface area contributed by atoms with Crippen molar-refractivity contribution in [1.82, 2.24) is 0 Å². The average molecular weight is 400 g/mol. The van der Waals surface area contributed by atoms with Gasteiger partial charge in [0.05, 0.1) is 0 Å². The fourth-order valence-electron chi connectivity index (χ4n) is 2.42. The lowest BCUT2D eigenvalue weighted by Gasteiger charge is -2.42. The van der Waals surface area contributed by atoms with Crippen molar-refractivity contribution in [3.63, 3.8) is 0 Å². The van der Waals surface area contributed by atoms with Gasteiger partial charge in [0.1, 0.15) is 0 Å². The van der Waals surface area contributed by atoms with Crippen LogP contribution < -0.4 is 0 Å². The molecule has 0 unspecified atom stereocenters. The second-order valence-electron chi connectivity index (χ2n) is 5.57. The Morgan fingerprint density at radius 2 is 1.25 bits per heavy atom. The lowest BCUT2D eigenvalue weighted by atomic mass is 9.97. The minimum Gasteiger partial charge on any atom is -0.455 e. The Morgan fingerprint density at radius 3 is 1.71 bits per heavy atom. The van der Waals surface area contributed by atoms with E-state index in [0.29, 0.717) is 0 Å². The van der Waals surface area contributed by atoms with E-state index in [1.807, 2.05) is 0 Å². The van der Waals surface area contributed by atoms with Gasteiger partial charge < -0.3 is 28.4 Å². The highest BCUT2D eigenvalue weighted by Crippen LogP contribution is 2.30. The number of rotatable bonds is 6. The predicted molar refractivity (Wildman–Crippen MR) is 86.9 cm³/mol. The number of terminal acetylenes is 1. The molecule has 1 rings (SSSR count). The first-order valence-electron chi connectivity index (χ1n) is 8.01. The molecule has 0 bridgehead atoms. The topological polar surface area (TPSA) is 141 Å². The lowest BCUT2D eigenvalue weighted by molar-refractivity contribution is -0.294. The predicted octanol–water partition coefficient (Wildman–Crippen LogP) is -0.754. The molecule has 0 aromatic carbocycles. The van der Waals surface area contributed by atoms with E-state index in [4.69, 9.17) is 34.8 Å². The van der Waals surface area contributed by atoms with E-state index < -0.39 is 67.2 Å². The molecule has 5 atom stereocenters. The molecule has 0 aromatic rings. The molecule has 0 spiro atoms. The van der Waals surface area contributed by atoms with Crippen molar-refractivity contribution in [2.24, 2.45) is 0 Å². The zero-order chi connectivity index (χ0) is 21.4. The standard InChI is InChI=1S/C17H20O11/c1-6-7-23-16(22)14-12(24-8(2)18)13(25-9(3)19)15(26-10(4)20)17(28-14)27-11(5)21/h1,12-15,17H,7H2,2-5H3/t12-,13-,14-,15+,17+/m0/s1. The molecule has 1 aliphatic rings. The van der Waals surface area contributed by atoms with Crippen LogP contribution in [-0.4, -0.2) is 67.2 Å². The Balaban J connectivity index is 3.38. The monoisotopic (exact) mass is 400 g/mol. The molecule has 11 nitrogen and oxygen atoms in total. The van der Waals surface area contributed by atoms with Gasteiger partial charge in [0, 0.05) is 27.7 Å². The lowest BCUT2D eigenvalue weighted by Crippen LogP contribution is -2.64. The van der Waals surface area contributed by atoms with Crippen LogP contribution in [0.4, 0.5) is 0 Å². The van der Waals surface area contributed by atoms with Crippen molar-refractivity contribution >= 4 is 29.8 Å². The highest BCUT2D eigenvalue weighted by atomic mass is 16.7. The number of esters is 5. The molecule has 0 saturated carbocycles. The Kier molecular flexibility index (Phi) is 8.40. The third-order valence-electron chi connectivity index (χ3n) is 3.21. The summed E-state index contributed by atoms with van der Waals surface area (Å²) in [6.07, 6.45) is -2.92. The molecule has 1 aliphatic heterocycles. The van der Waals surface area contributed by atoms with Crippen LogP contribution in [0.15, 0.2) is 0 Å². The van der Waals surface area contributed by atoms with Gasteiger partial charge in [-0.3, -0.25) is 19.2 Å². The van der Waals surface area contributed by atoms with Gasteiger partial charge in [-0.05, 0) is 0 Å². The zero-order valence-electron chi connectivity index (χ0n) is 15.7. The first-order valence-corrected chi connectivity index (χ1v) is 8.01. The Labute approximate surface area is 160 Å². The van der Waals surface area contributed by atoms with Crippen LogP contribution in [0.3, 0.4) is 0 Å². The number of hydrogen-bond acceptors (Lipinski definition) is 11. The van der Waals surface area contributed by atoms with Gasteiger partial charge in [0.2, 0.25) is 12.4 Å². The van der Waals surface area contributed by atoms with E-state index in [2.05, 4.69) is 5.92 Å². The summed E-state index contributed by atoms with van der Waals surface area (Å²) in [5.74, 6) is -2.38. The summed E-state index contributed by atoms with van der Waals surface area (Å²) in [4.78, 5) is 58.3. The van der Waals surface area contributed by atoms with E-state index in [1.165, 1.54) is 0 Å². The van der Waals surface area contributed by atoms with Crippen LogP contribution in [0.1, 0.15) is 27.7 Å². The van der Waals surface area contributed by atoms with Gasteiger partial charge in [-0.2, -0.15) is 0 Å². The quantitative estimate of drug-likeness (QED) is 0.316. The Bertz CT molecular complexity index is 677. The van der Waals surface area contributed by atoms with Crippen molar-refractivity contribution in [3.8, 4) is 12.3 Å². The number of ether oxygens (including phenoxy) is 6. The van der Waals surface area contributed by atoms with Crippen molar-refractivity contribution in [2.45, 2.75) is 58.4 Å². The van der Waals surface area contributed by atoms with Crippen LogP contribution in [0.25, 0.3) is 0 Å². The minimum absolute atomic E-state index is 0.421. The molecule has 0 aliphatic carbocycles. The molecule has 28 heavy (non-hydrogen) atoms. The van der Waals surface area contributed by atoms with Crippen LogP contribution in [0, 0.1) is 12.3 Å². The second-order valence-corrected chi connectivity index (χ2v) is 5.57. The summed E-state index contributed by atoms with van der Waals surface area (Å²) in [5.41, 5.74) is 0. The smallest absolute Gasteiger partial charge is 0.340 e. The van der Waals surface area contributed by atoms with E-state index in [9.17, 15) is 24.0 Å². The molecular weight excluding hydrogens is 380 g/mol. The SMILES string of the molecule is C#CCOC(=O)[C@H]1O[C@@H](OC(C)=O)[C@H](OC(C)=O)[C@@H](OC(C)=O)[C@@H]1OC(C)=O. The fraction of sp³-hybridized carbons (Fsp3) is 0.588. The maximum absolute atomic E-state index is 12.3. The van der Waals surface area contributed by atoms with E-state index >= 15 is 0 Å². The van der Waals surface area contributed by atoms with Gasteiger partial charge >= 0.3 is 29.8 Å². The molecule has 0 radical (unpaired) electrons. The number of hydrogen-bond donors (Lipinski definition) is 0. The van der Waals surface area contributed by atoms with Gasteiger partial charge in [-0.15, -0.1) is 6.42 Å². The van der Waals surface area contributed by atoms with Crippen LogP contribution in [0.5, 0.6) is 0 Å². The van der Waals surface area contributed by atoms with Gasteiger partial charge in [-0.1, -0.05) is 5.92 Å². The summed E-state index contributed by atoms with van der Waals surface area (Å²) < 4.78 is 30.3. The van der Waals surface area contributed by atoms with Gasteiger partial charge in [0.25, 0.3) is 0 Å². The summed E-state index contributed by atoms with van der Waals surface area (Å²) >= 11 is 0. The molecular formula is C17H20O11. The summed E-state index contributed by atoms with van der Waals surface area (Å²) in [6, 6.07) is 0. The van der Waals surface area contributed by atoms with Crippen LogP contribution >= 0.6 is 0 Å². The normalized spacial score (nSPS) is 26.2. The fourth-order valence-corrected chi connectivity index (χ4v) is 2.42. The Morgan fingerprint density at radius 1 is 0.786 bits per heavy atom. The van der Waals surface area contributed by atoms with Crippen molar-refractivity contribution in [1.29, 1.82) is 0 Å². The average Bonchev–Trinajstić information content (AvgIpc) is 2.55. The molecule has 154 valence electrons. The van der Waals surface area contributed by atoms with Crippen molar-refractivity contribution in [3.05, 3.63) is 0 Å². The van der Waals surface area contributed by atoms with E-state index in [0.717, 1.165) is 27.7 Å². The van der Waals surface area contributed by atoms with E-state index in [-0.39, 0.29) is 0 Å². The molecule has 0 aromatic heterocycles. The summed E-state index contributed by atoms with van der Waals surface area (Å²) in [6.45, 7) is 3.74. The third-order valence-corrected chi connectivity index (χ3v) is 3.21. The third kappa shape index (κ3) is 6.55. The largest absolute Gasteiger partial charge is 0.455 e. The second kappa shape index (κ2) is 10.3. The van der Waals surface area contributed by atoms with Gasteiger partial charge in [-0.25, -0.2) is 4.79 Å². The van der Waals surface area contributed by atoms with Gasteiger partial charge in [0.15, 0.2) is 24.9 Å². The molecule has 1 heterocycles. The summed E-state index contributed by atoms with van der Waals surface area (Å²) in [5, 5.41) is 0. The maximum atomic E-state index is 12.3. The summed E-state index contributed by atoms with van der Waals surface area (Å²) in [7, 11) is 0. The first-order chi connectivity index (χ1) is 13.1. The zero-order valence-corrected chi connectivity index (χ0v) is 15.7. The number of carbonyl (C=O) groups is 5. The highest BCUT2D eigenvalue weighted by Gasteiger charge is 2.56. The number of carbonyl (C=O) groups excluding carboxylic acids is 5. The van der Waals surface area contributed by atoms with Crippen LogP contribution in [0.2, 0.25) is 0 Å². The molecule has 0 N–H and O–H groups in total. The molecule has 11 heteroatoms. The molecule has 1 fully saturated rings. The van der Waals surface area contributed by atoms with Crippen LogP contribution in [-0.2, 0) is 52.4 Å². The molecule has 0 amide bonds. The van der Waals surface area contributed by atoms with E-state index in [1.54, 1.807) is 0 Å². The maximum Gasteiger partial charge on any atom is 0.340 e. The minimum atomic E-state index is -1.68. The van der Waals surface area contributed by atoms with Crippen molar-refractivity contribution < 1.29 is 52.4 Å². The highest BCUT2D eigenvalue weighted by molar-refractivity contribution is 5.77. The Hall–Kier alpha value is -3.13. The molecule has 1 saturated heterocycles. The first kappa shape index (κ1) is 22.9. The van der Waals surface area contributed by atoms with Crippen molar-refractivity contribution in [2.75, 3.05) is 6.61 Å².